The molecule has 2 nitrogen and oxygen atoms in total. The van der Waals surface area contributed by atoms with Gasteiger partial charge in [-0.3, -0.25) is 0 Å². The number of nitrogens with two attached hydrogens (primary N) is 1. The van der Waals surface area contributed by atoms with Crippen LogP contribution < -0.4 is 10.5 Å². The molecule has 0 radical (unpaired) electrons. The van der Waals surface area contributed by atoms with Crippen molar-refractivity contribution in [2.75, 3.05) is 0 Å². The standard InChI is InChI=1S/C16H18FNO/c1-11-3-5-13(6-4-11)10-19-16-8-7-14(17)9-15(16)12(2)18/h3-9,12H,10,18H2,1-2H3. The summed E-state index contributed by atoms with van der Waals surface area (Å²) >= 11 is 0. The number of benzene rings is 2. The van der Waals surface area contributed by atoms with Crippen molar-refractivity contribution in [1.29, 1.82) is 0 Å². The normalized spacial score (nSPS) is 12.2. The Kier molecular flexibility index (Phi) is 4.17. The first-order valence-electron chi connectivity index (χ1n) is 6.29. The Morgan fingerprint density at radius 3 is 2.47 bits per heavy atom. The number of halogens is 1. The van der Waals surface area contributed by atoms with Gasteiger partial charge >= 0.3 is 0 Å². The molecule has 0 fully saturated rings. The van der Waals surface area contributed by atoms with Gasteiger partial charge in [-0.05, 0) is 37.6 Å². The maximum Gasteiger partial charge on any atom is 0.124 e. The minimum atomic E-state index is -0.296. The SMILES string of the molecule is Cc1ccc(COc2ccc(F)cc2C(C)N)cc1. The van der Waals surface area contributed by atoms with Crippen molar-refractivity contribution in [1.82, 2.24) is 0 Å². The third-order valence-corrected chi connectivity index (χ3v) is 2.98. The molecule has 0 amide bonds. The van der Waals surface area contributed by atoms with Crippen LogP contribution in [0, 0.1) is 12.7 Å². The molecule has 2 N–H and O–H groups in total. The first-order valence-corrected chi connectivity index (χ1v) is 6.29. The van der Waals surface area contributed by atoms with Crippen molar-refractivity contribution in [2.24, 2.45) is 5.73 Å². The summed E-state index contributed by atoms with van der Waals surface area (Å²) in [6, 6.07) is 12.3. The molecule has 19 heavy (non-hydrogen) atoms. The van der Waals surface area contributed by atoms with Crippen LogP contribution in [0.5, 0.6) is 5.75 Å². The highest BCUT2D eigenvalue weighted by Crippen LogP contribution is 2.25. The quantitative estimate of drug-likeness (QED) is 0.908. The molecule has 0 saturated carbocycles. The minimum Gasteiger partial charge on any atom is -0.489 e. The number of aryl methyl sites for hydroxylation is 1. The average Bonchev–Trinajstić information content (AvgIpc) is 2.39. The third kappa shape index (κ3) is 3.55. The van der Waals surface area contributed by atoms with E-state index in [1.165, 1.54) is 17.7 Å². The van der Waals surface area contributed by atoms with Crippen LogP contribution in [0.4, 0.5) is 4.39 Å². The van der Waals surface area contributed by atoms with Gasteiger partial charge in [-0.25, -0.2) is 4.39 Å². The Labute approximate surface area is 113 Å². The molecule has 0 heterocycles. The summed E-state index contributed by atoms with van der Waals surface area (Å²) in [5.41, 5.74) is 8.80. The van der Waals surface area contributed by atoms with E-state index < -0.39 is 0 Å². The molecular formula is C16H18FNO. The molecule has 0 aliphatic carbocycles. The van der Waals surface area contributed by atoms with Gasteiger partial charge in [0.05, 0.1) is 0 Å². The van der Waals surface area contributed by atoms with E-state index in [0.717, 1.165) is 5.56 Å². The van der Waals surface area contributed by atoms with Crippen molar-refractivity contribution >= 4 is 0 Å². The zero-order valence-electron chi connectivity index (χ0n) is 11.2. The van der Waals surface area contributed by atoms with Crippen LogP contribution in [0.15, 0.2) is 42.5 Å². The maximum absolute atomic E-state index is 13.2. The first-order chi connectivity index (χ1) is 9.06. The summed E-state index contributed by atoms with van der Waals surface area (Å²) < 4.78 is 18.9. The van der Waals surface area contributed by atoms with E-state index in [1.54, 1.807) is 6.07 Å². The van der Waals surface area contributed by atoms with E-state index >= 15 is 0 Å². The van der Waals surface area contributed by atoms with Crippen LogP contribution in [0.2, 0.25) is 0 Å². The molecule has 100 valence electrons. The summed E-state index contributed by atoms with van der Waals surface area (Å²) in [7, 11) is 0. The lowest BCUT2D eigenvalue weighted by Gasteiger charge is -2.14. The van der Waals surface area contributed by atoms with Crippen LogP contribution in [-0.2, 0) is 6.61 Å². The van der Waals surface area contributed by atoms with Crippen molar-refractivity contribution in [2.45, 2.75) is 26.5 Å². The van der Waals surface area contributed by atoms with Gasteiger partial charge in [-0.15, -0.1) is 0 Å². The maximum atomic E-state index is 13.2. The van der Waals surface area contributed by atoms with Gasteiger partial charge in [0.25, 0.3) is 0 Å². The molecule has 2 rings (SSSR count). The number of ether oxygens (including phenoxy) is 1. The molecule has 0 aromatic heterocycles. The van der Waals surface area contributed by atoms with E-state index in [1.807, 2.05) is 38.1 Å². The topological polar surface area (TPSA) is 35.2 Å². The van der Waals surface area contributed by atoms with E-state index in [4.69, 9.17) is 10.5 Å². The highest BCUT2D eigenvalue weighted by molar-refractivity contribution is 5.36. The van der Waals surface area contributed by atoms with E-state index in [0.29, 0.717) is 17.9 Å². The smallest absolute Gasteiger partial charge is 0.124 e. The molecule has 0 spiro atoms. The zero-order chi connectivity index (χ0) is 13.8. The molecule has 2 aromatic carbocycles. The lowest BCUT2D eigenvalue weighted by molar-refractivity contribution is 0.301. The van der Waals surface area contributed by atoms with Crippen molar-refractivity contribution in [3.05, 3.63) is 65.0 Å². The van der Waals surface area contributed by atoms with Crippen LogP contribution in [0.25, 0.3) is 0 Å². The van der Waals surface area contributed by atoms with Gasteiger partial charge in [-0.2, -0.15) is 0 Å². The van der Waals surface area contributed by atoms with Gasteiger partial charge in [-0.1, -0.05) is 29.8 Å². The van der Waals surface area contributed by atoms with Gasteiger partial charge < -0.3 is 10.5 Å². The second-order valence-corrected chi connectivity index (χ2v) is 4.75. The summed E-state index contributed by atoms with van der Waals surface area (Å²) in [5.74, 6) is 0.340. The van der Waals surface area contributed by atoms with Gasteiger partial charge in [0.2, 0.25) is 0 Å². The summed E-state index contributed by atoms with van der Waals surface area (Å²) in [6.07, 6.45) is 0. The molecule has 0 aliphatic rings. The molecule has 2 aromatic rings. The minimum absolute atomic E-state index is 0.260. The van der Waals surface area contributed by atoms with Gasteiger partial charge in [0.15, 0.2) is 0 Å². The predicted octanol–water partition coefficient (Wildman–Crippen LogP) is 3.73. The Morgan fingerprint density at radius 2 is 1.84 bits per heavy atom. The highest BCUT2D eigenvalue weighted by Gasteiger charge is 2.09. The summed E-state index contributed by atoms with van der Waals surface area (Å²) in [5, 5.41) is 0. The third-order valence-electron chi connectivity index (χ3n) is 2.98. The van der Waals surface area contributed by atoms with Crippen molar-refractivity contribution in [3.8, 4) is 5.75 Å². The molecule has 0 bridgehead atoms. The fourth-order valence-electron chi connectivity index (χ4n) is 1.85. The highest BCUT2D eigenvalue weighted by atomic mass is 19.1. The predicted molar refractivity (Wildman–Crippen MR) is 74.5 cm³/mol. The van der Waals surface area contributed by atoms with E-state index in [9.17, 15) is 4.39 Å². The van der Waals surface area contributed by atoms with Crippen LogP contribution in [0.1, 0.15) is 29.7 Å². The summed E-state index contributed by atoms with van der Waals surface area (Å²) in [6.45, 7) is 4.30. The van der Waals surface area contributed by atoms with Crippen LogP contribution in [0.3, 0.4) is 0 Å². The monoisotopic (exact) mass is 259 g/mol. The largest absolute Gasteiger partial charge is 0.489 e. The average molecular weight is 259 g/mol. The Bertz CT molecular complexity index is 549. The summed E-state index contributed by atoms with van der Waals surface area (Å²) in [4.78, 5) is 0. The van der Waals surface area contributed by atoms with Gasteiger partial charge in [0, 0.05) is 11.6 Å². The Morgan fingerprint density at radius 1 is 1.16 bits per heavy atom. The first kappa shape index (κ1) is 13.6. The Hall–Kier alpha value is -1.87. The van der Waals surface area contributed by atoms with Crippen LogP contribution >= 0.6 is 0 Å². The van der Waals surface area contributed by atoms with E-state index in [-0.39, 0.29) is 11.9 Å². The lowest BCUT2D eigenvalue weighted by Crippen LogP contribution is -2.08. The van der Waals surface area contributed by atoms with E-state index in [2.05, 4.69) is 0 Å². The fraction of sp³-hybridized carbons (Fsp3) is 0.250. The molecule has 0 aliphatic heterocycles. The molecule has 3 heteroatoms. The Balaban J connectivity index is 2.13. The lowest BCUT2D eigenvalue weighted by atomic mass is 10.1. The second kappa shape index (κ2) is 5.85. The molecule has 1 unspecified atom stereocenters. The molecular weight excluding hydrogens is 241 g/mol. The van der Waals surface area contributed by atoms with Crippen molar-refractivity contribution in [3.63, 3.8) is 0 Å². The molecule has 0 saturated heterocycles. The van der Waals surface area contributed by atoms with Gasteiger partial charge in [0.1, 0.15) is 18.2 Å². The number of rotatable bonds is 4. The second-order valence-electron chi connectivity index (χ2n) is 4.75. The molecule has 1 atom stereocenters. The fourth-order valence-corrected chi connectivity index (χ4v) is 1.85. The zero-order valence-corrected chi connectivity index (χ0v) is 11.2. The number of hydrogen-bond donors (Lipinski definition) is 1. The van der Waals surface area contributed by atoms with Crippen LogP contribution in [-0.4, -0.2) is 0 Å². The van der Waals surface area contributed by atoms with Crippen molar-refractivity contribution < 1.29 is 9.13 Å². The number of hydrogen-bond acceptors (Lipinski definition) is 2.